The van der Waals surface area contributed by atoms with Gasteiger partial charge in [0.15, 0.2) is 5.67 Å². The monoisotopic (exact) mass is 365 g/mol. The molecule has 0 bridgehead atoms. The number of rotatable bonds is 8. The molecule has 3 N–H and O–H groups in total. The molecule has 2 rings (SSSR count). The maximum atomic E-state index is 14.7. The van der Waals surface area contributed by atoms with Crippen LogP contribution in [0.4, 0.5) is 4.39 Å². The maximum Gasteiger partial charge on any atom is 0.267 e. The molecule has 146 valence electrons. The van der Waals surface area contributed by atoms with Crippen LogP contribution in [0.25, 0.3) is 0 Å². The number of hydrogen-bond acceptors (Lipinski definition) is 2. The van der Waals surface area contributed by atoms with E-state index in [1.54, 1.807) is 0 Å². The second-order valence-corrected chi connectivity index (χ2v) is 7.83. The Morgan fingerprint density at radius 3 is 2.58 bits per heavy atom. The number of nitrogens with one attached hydrogen (secondary N) is 3. The fraction of sp³-hybridized carbons (Fsp3) is 0.700. The minimum absolute atomic E-state index is 0.200. The summed E-state index contributed by atoms with van der Waals surface area (Å²) in [5, 5.41) is 5.61. The van der Waals surface area contributed by atoms with Crippen LogP contribution >= 0.6 is 0 Å². The van der Waals surface area contributed by atoms with Gasteiger partial charge in [0.2, 0.25) is 0 Å². The minimum atomic E-state index is -1.74. The Bertz CT molecular complexity index is 606. The van der Waals surface area contributed by atoms with Crippen LogP contribution in [0.5, 0.6) is 0 Å². The lowest BCUT2D eigenvalue weighted by atomic mass is 9.85. The Morgan fingerprint density at radius 2 is 1.96 bits per heavy atom. The molecule has 5 nitrogen and oxygen atoms in total. The number of carbonyl (C=O) groups excluding carboxylic acids is 2. The van der Waals surface area contributed by atoms with E-state index in [-0.39, 0.29) is 18.5 Å². The number of aromatic nitrogens is 1. The summed E-state index contributed by atoms with van der Waals surface area (Å²) in [7, 11) is 0. The van der Waals surface area contributed by atoms with Gasteiger partial charge in [0.1, 0.15) is 5.69 Å². The van der Waals surface area contributed by atoms with Gasteiger partial charge >= 0.3 is 0 Å². The van der Waals surface area contributed by atoms with Crippen LogP contribution in [-0.4, -0.2) is 35.1 Å². The molecule has 1 atom stereocenters. The van der Waals surface area contributed by atoms with Crippen LogP contribution in [0.1, 0.15) is 75.3 Å². The molecule has 1 saturated carbocycles. The first-order chi connectivity index (χ1) is 12.3. The fourth-order valence-electron chi connectivity index (χ4n) is 3.43. The zero-order chi connectivity index (χ0) is 19.2. The predicted octanol–water partition coefficient (Wildman–Crippen LogP) is 3.51. The molecule has 1 aromatic rings. The van der Waals surface area contributed by atoms with E-state index in [2.05, 4.69) is 29.5 Å². The smallest absolute Gasteiger partial charge is 0.267 e. The summed E-state index contributed by atoms with van der Waals surface area (Å²) in [6.45, 7) is 6.44. The van der Waals surface area contributed by atoms with Gasteiger partial charge in [0.05, 0.1) is 0 Å². The van der Waals surface area contributed by atoms with Gasteiger partial charge in [-0.3, -0.25) is 9.59 Å². The quantitative estimate of drug-likeness (QED) is 0.659. The first kappa shape index (κ1) is 20.5. The highest BCUT2D eigenvalue weighted by atomic mass is 19.1. The summed E-state index contributed by atoms with van der Waals surface area (Å²) in [6.07, 6.45) is 6.51. The van der Waals surface area contributed by atoms with Crippen molar-refractivity contribution in [1.29, 1.82) is 0 Å². The number of alkyl halides is 1. The van der Waals surface area contributed by atoms with E-state index < -0.39 is 11.6 Å². The van der Waals surface area contributed by atoms with E-state index >= 15 is 0 Å². The first-order valence-electron chi connectivity index (χ1n) is 9.79. The van der Waals surface area contributed by atoms with Crippen molar-refractivity contribution in [3.63, 3.8) is 0 Å². The Labute approximate surface area is 155 Å². The van der Waals surface area contributed by atoms with Crippen molar-refractivity contribution in [2.75, 3.05) is 6.54 Å². The van der Waals surface area contributed by atoms with Crippen molar-refractivity contribution in [1.82, 2.24) is 15.6 Å². The Morgan fingerprint density at radius 1 is 1.27 bits per heavy atom. The largest absolute Gasteiger partial charge is 0.357 e. The summed E-state index contributed by atoms with van der Waals surface area (Å²) < 4.78 is 14.7. The Hall–Kier alpha value is -1.85. The lowest BCUT2D eigenvalue weighted by Gasteiger charge is -2.29. The lowest BCUT2D eigenvalue weighted by Crippen LogP contribution is -2.50. The van der Waals surface area contributed by atoms with Gasteiger partial charge in [0.25, 0.3) is 11.8 Å². The minimum Gasteiger partial charge on any atom is -0.357 e. The van der Waals surface area contributed by atoms with Gasteiger partial charge in [-0.25, -0.2) is 4.39 Å². The number of carbonyl (C=O) groups is 2. The third-order valence-electron chi connectivity index (χ3n) is 5.02. The van der Waals surface area contributed by atoms with E-state index in [9.17, 15) is 14.0 Å². The third-order valence-corrected chi connectivity index (χ3v) is 5.02. The molecule has 1 aliphatic rings. The summed E-state index contributed by atoms with van der Waals surface area (Å²) in [5.41, 5.74) is -0.131. The van der Waals surface area contributed by atoms with E-state index in [4.69, 9.17) is 0 Å². The number of aromatic amines is 1. The van der Waals surface area contributed by atoms with Crippen molar-refractivity contribution >= 4 is 11.8 Å². The average molecular weight is 365 g/mol. The zero-order valence-electron chi connectivity index (χ0n) is 16.2. The summed E-state index contributed by atoms with van der Waals surface area (Å²) in [6, 6.07) is 1.63. The molecule has 26 heavy (non-hydrogen) atoms. The van der Waals surface area contributed by atoms with Crippen LogP contribution in [0.2, 0.25) is 0 Å². The standard InChI is InChI=1S/C20H32FN3O2/c1-4-16(13-23-19(26)20(21)8-6-5-7-9-20)24-18(25)17-11-15(12-22-17)10-14(2)3/h11-12,14,16,22H,4-10,13H2,1-3H3,(H,23,26)(H,24,25). The van der Waals surface area contributed by atoms with Crippen molar-refractivity contribution < 1.29 is 14.0 Å². The van der Waals surface area contributed by atoms with Crippen LogP contribution in [0.15, 0.2) is 12.3 Å². The van der Waals surface area contributed by atoms with Gasteiger partial charge in [-0.2, -0.15) is 0 Å². The number of hydrogen-bond donors (Lipinski definition) is 3. The summed E-state index contributed by atoms with van der Waals surface area (Å²) in [5.74, 6) is -0.217. The molecular formula is C20H32FN3O2. The third kappa shape index (κ3) is 5.58. The number of amides is 2. The van der Waals surface area contributed by atoms with Crippen molar-refractivity contribution in [3.05, 3.63) is 23.5 Å². The topological polar surface area (TPSA) is 74.0 Å². The second-order valence-electron chi connectivity index (χ2n) is 7.83. The van der Waals surface area contributed by atoms with Crippen molar-refractivity contribution in [3.8, 4) is 0 Å². The molecule has 1 unspecified atom stereocenters. The zero-order valence-corrected chi connectivity index (χ0v) is 16.2. The highest BCUT2D eigenvalue weighted by Crippen LogP contribution is 2.31. The highest BCUT2D eigenvalue weighted by Gasteiger charge is 2.39. The molecule has 1 fully saturated rings. The molecule has 1 aromatic heterocycles. The molecule has 0 spiro atoms. The van der Waals surface area contributed by atoms with Gasteiger partial charge in [-0.05, 0) is 56.1 Å². The second kappa shape index (κ2) is 9.19. The highest BCUT2D eigenvalue weighted by molar-refractivity contribution is 5.93. The average Bonchev–Trinajstić information content (AvgIpc) is 3.06. The molecular weight excluding hydrogens is 333 g/mol. The van der Waals surface area contributed by atoms with Crippen LogP contribution < -0.4 is 10.6 Å². The lowest BCUT2D eigenvalue weighted by molar-refractivity contribution is -0.135. The maximum absolute atomic E-state index is 14.7. The molecule has 0 aromatic carbocycles. The number of halogens is 1. The Kier molecular flexibility index (Phi) is 7.23. The van der Waals surface area contributed by atoms with E-state index in [1.807, 2.05) is 19.2 Å². The van der Waals surface area contributed by atoms with E-state index in [0.29, 0.717) is 30.9 Å². The van der Waals surface area contributed by atoms with Crippen LogP contribution in [-0.2, 0) is 11.2 Å². The molecule has 0 radical (unpaired) electrons. The fourth-order valence-corrected chi connectivity index (χ4v) is 3.43. The summed E-state index contributed by atoms with van der Waals surface area (Å²) >= 11 is 0. The predicted molar refractivity (Wildman–Crippen MR) is 101 cm³/mol. The van der Waals surface area contributed by atoms with Gasteiger partial charge in [-0.1, -0.05) is 27.2 Å². The number of H-pyrrole nitrogens is 1. The normalized spacial score (nSPS) is 17.7. The van der Waals surface area contributed by atoms with Gasteiger partial charge < -0.3 is 15.6 Å². The van der Waals surface area contributed by atoms with Crippen LogP contribution in [0, 0.1) is 5.92 Å². The molecule has 1 heterocycles. The molecule has 6 heteroatoms. The molecule has 1 aliphatic carbocycles. The van der Waals surface area contributed by atoms with E-state index in [1.165, 1.54) is 0 Å². The van der Waals surface area contributed by atoms with Crippen molar-refractivity contribution in [2.24, 2.45) is 5.92 Å². The van der Waals surface area contributed by atoms with Crippen molar-refractivity contribution in [2.45, 2.75) is 77.4 Å². The first-order valence-corrected chi connectivity index (χ1v) is 9.79. The van der Waals surface area contributed by atoms with Gasteiger partial charge in [-0.15, -0.1) is 0 Å². The molecule has 0 saturated heterocycles. The summed E-state index contributed by atoms with van der Waals surface area (Å²) in [4.78, 5) is 27.6. The molecule has 0 aliphatic heterocycles. The SMILES string of the molecule is CCC(CNC(=O)C1(F)CCCCC1)NC(=O)c1cc(CC(C)C)c[nH]1. The van der Waals surface area contributed by atoms with Gasteiger partial charge in [0, 0.05) is 18.8 Å². The van der Waals surface area contributed by atoms with E-state index in [0.717, 1.165) is 31.2 Å². The molecule has 2 amide bonds. The Balaban J connectivity index is 1.85. The van der Waals surface area contributed by atoms with Crippen LogP contribution in [0.3, 0.4) is 0 Å².